The van der Waals surface area contributed by atoms with Gasteiger partial charge < -0.3 is 10.1 Å². The molecule has 9 heteroatoms. The Hall–Kier alpha value is -1.77. The van der Waals surface area contributed by atoms with Gasteiger partial charge in [0, 0.05) is 11.6 Å². The highest BCUT2D eigenvalue weighted by atomic mass is 79.9. The number of carbonyl (C=O) groups is 1. The second-order valence-corrected chi connectivity index (χ2v) is 9.12. The van der Waals surface area contributed by atoms with Gasteiger partial charge in [0.2, 0.25) is 0 Å². The molecule has 0 saturated heterocycles. The van der Waals surface area contributed by atoms with E-state index in [1.165, 1.54) is 25.3 Å². The standard InChI is InChI=1S/C18H20BrClN2O4S/c1-11(2)10-21-18(23)13-6-4-5-7-15(13)22-27(24,25)16-9-12(20)8-14(19)17(16)26-3/h4-9,11,22H,10H2,1-3H3,(H,21,23). The van der Waals surface area contributed by atoms with Crippen molar-refractivity contribution >= 4 is 49.1 Å². The maximum atomic E-state index is 12.9. The Labute approximate surface area is 172 Å². The van der Waals surface area contributed by atoms with Crippen molar-refractivity contribution in [1.82, 2.24) is 5.32 Å². The van der Waals surface area contributed by atoms with Crippen molar-refractivity contribution in [1.29, 1.82) is 0 Å². The highest BCUT2D eigenvalue weighted by molar-refractivity contribution is 9.10. The third-order valence-corrected chi connectivity index (χ3v) is 5.73. The van der Waals surface area contributed by atoms with Crippen LogP contribution in [0.25, 0.3) is 0 Å². The van der Waals surface area contributed by atoms with E-state index in [-0.39, 0.29) is 38.7 Å². The molecule has 0 heterocycles. The maximum absolute atomic E-state index is 12.9. The molecule has 146 valence electrons. The third-order valence-electron chi connectivity index (χ3n) is 3.55. The number of halogens is 2. The number of ether oxygens (including phenoxy) is 1. The lowest BCUT2D eigenvalue weighted by molar-refractivity contribution is 0.0950. The molecule has 2 aromatic carbocycles. The van der Waals surface area contributed by atoms with Gasteiger partial charge in [-0.3, -0.25) is 9.52 Å². The first-order valence-corrected chi connectivity index (χ1v) is 10.7. The summed E-state index contributed by atoms with van der Waals surface area (Å²) in [6.45, 7) is 4.42. The summed E-state index contributed by atoms with van der Waals surface area (Å²) >= 11 is 9.24. The van der Waals surface area contributed by atoms with Crippen LogP contribution in [0.2, 0.25) is 5.02 Å². The molecule has 0 aliphatic carbocycles. The largest absolute Gasteiger partial charge is 0.494 e. The van der Waals surface area contributed by atoms with Gasteiger partial charge >= 0.3 is 0 Å². The second-order valence-electron chi connectivity index (χ2n) is 6.17. The van der Waals surface area contributed by atoms with Crippen molar-refractivity contribution in [3.63, 3.8) is 0 Å². The van der Waals surface area contributed by atoms with Gasteiger partial charge in [0.15, 0.2) is 5.75 Å². The summed E-state index contributed by atoms with van der Waals surface area (Å²) in [5, 5.41) is 3.01. The van der Waals surface area contributed by atoms with E-state index in [0.29, 0.717) is 11.0 Å². The van der Waals surface area contributed by atoms with E-state index in [0.717, 1.165) is 0 Å². The summed E-state index contributed by atoms with van der Waals surface area (Å²) < 4.78 is 33.9. The predicted octanol–water partition coefficient (Wildman–Crippen LogP) is 4.30. The van der Waals surface area contributed by atoms with Crippen LogP contribution in [0.1, 0.15) is 24.2 Å². The van der Waals surface area contributed by atoms with Crippen LogP contribution in [0.5, 0.6) is 5.75 Å². The number of nitrogens with one attached hydrogen (secondary N) is 2. The van der Waals surface area contributed by atoms with Crippen LogP contribution >= 0.6 is 27.5 Å². The van der Waals surface area contributed by atoms with Crippen molar-refractivity contribution in [2.24, 2.45) is 5.92 Å². The van der Waals surface area contributed by atoms with E-state index < -0.39 is 10.0 Å². The van der Waals surface area contributed by atoms with E-state index in [2.05, 4.69) is 26.0 Å². The highest BCUT2D eigenvalue weighted by Gasteiger charge is 2.24. The van der Waals surface area contributed by atoms with Gasteiger partial charge in [0.1, 0.15) is 4.90 Å². The maximum Gasteiger partial charge on any atom is 0.265 e. The van der Waals surface area contributed by atoms with Gasteiger partial charge in [-0.2, -0.15) is 0 Å². The fraction of sp³-hybridized carbons (Fsp3) is 0.278. The molecule has 0 aliphatic heterocycles. The number of benzene rings is 2. The van der Waals surface area contributed by atoms with E-state index >= 15 is 0 Å². The molecule has 0 unspecified atom stereocenters. The van der Waals surface area contributed by atoms with Crippen molar-refractivity contribution in [2.45, 2.75) is 18.7 Å². The summed E-state index contributed by atoms with van der Waals surface area (Å²) in [5.74, 6) is 0.0285. The van der Waals surface area contributed by atoms with Gasteiger partial charge in [0.05, 0.1) is 22.8 Å². The number of para-hydroxylation sites is 1. The normalized spacial score (nSPS) is 11.3. The fourth-order valence-corrected chi connectivity index (χ4v) is 4.76. The molecule has 0 bridgehead atoms. The number of amides is 1. The fourth-order valence-electron chi connectivity index (χ4n) is 2.30. The van der Waals surface area contributed by atoms with Crippen molar-refractivity contribution in [3.05, 3.63) is 51.5 Å². The zero-order chi connectivity index (χ0) is 20.2. The van der Waals surface area contributed by atoms with Gasteiger partial charge in [0.25, 0.3) is 15.9 Å². The van der Waals surface area contributed by atoms with Crippen LogP contribution < -0.4 is 14.8 Å². The molecular weight excluding hydrogens is 456 g/mol. The molecule has 0 aliphatic rings. The SMILES string of the molecule is COc1c(Br)cc(Cl)cc1S(=O)(=O)Nc1ccccc1C(=O)NCC(C)C. The molecule has 6 nitrogen and oxygen atoms in total. The Morgan fingerprint density at radius 1 is 1.26 bits per heavy atom. The number of sulfonamides is 1. The highest BCUT2D eigenvalue weighted by Crippen LogP contribution is 2.36. The van der Waals surface area contributed by atoms with E-state index in [1.807, 2.05) is 13.8 Å². The molecule has 0 saturated carbocycles. The van der Waals surface area contributed by atoms with Crippen LogP contribution in [-0.4, -0.2) is 28.0 Å². The topological polar surface area (TPSA) is 84.5 Å². The zero-order valence-electron chi connectivity index (χ0n) is 15.0. The molecule has 0 fully saturated rings. The number of hydrogen-bond donors (Lipinski definition) is 2. The number of hydrogen-bond acceptors (Lipinski definition) is 4. The van der Waals surface area contributed by atoms with Crippen molar-refractivity contribution < 1.29 is 17.9 Å². The molecular formula is C18H20BrClN2O4S. The van der Waals surface area contributed by atoms with E-state index in [9.17, 15) is 13.2 Å². The van der Waals surface area contributed by atoms with Crippen LogP contribution in [0.15, 0.2) is 45.8 Å². The van der Waals surface area contributed by atoms with Gasteiger partial charge in [-0.15, -0.1) is 0 Å². The smallest absolute Gasteiger partial charge is 0.265 e. The lowest BCUT2D eigenvalue weighted by atomic mass is 10.1. The van der Waals surface area contributed by atoms with Crippen LogP contribution in [-0.2, 0) is 10.0 Å². The predicted molar refractivity (Wildman–Crippen MR) is 110 cm³/mol. The number of anilines is 1. The summed E-state index contributed by atoms with van der Waals surface area (Å²) in [7, 11) is -2.70. The molecule has 2 aromatic rings. The average Bonchev–Trinajstić information content (AvgIpc) is 2.59. The first-order chi connectivity index (χ1) is 12.7. The summed E-state index contributed by atoms with van der Waals surface area (Å²) in [6, 6.07) is 9.20. The first-order valence-electron chi connectivity index (χ1n) is 8.08. The monoisotopic (exact) mass is 474 g/mol. The Kier molecular flexibility index (Phi) is 7.13. The van der Waals surface area contributed by atoms with E-state index in [1.54, 1.807) is 18.2 Å². The third kappa shape index (κ3) is 5.37. The van der Waals surface area contributed by atoms with Gasteiger partial charge in [-0.25, -0.2) is 8.42 Å². The Balaban J connectivity index is 2.41. The van der Waals surface area contributed by atoms with E-state index in [4.69, 9.17) is 16.3 Å². The van der Waals surface area contributed by atoms with Gasteiger partial charge in [-0.1, -0.05) is 37.6 Å². The molecule has 1 amide bonds. The number of carbonyl (C=O) groups excluding carboxylic acids is 1. The molecule has 0 spiro atoms. The minimum atomic E-state index is -4.06. The lowest BCUT2D eigenvalue weighted by Gasteiger charge is -2.16. The summed E-state index contributed by atoms with van der Waals surface area (Å²) in [6.07, 6.45) is 0. The van der Waals surface area contributed by atoms with Crippen LogP contribution in [0.4, 0.5) is 5.69 Å². The first kappa shape index (κ1) is 21.5. The molecule has 0 radical (unpaired) electrons. The average molecular weight is 476 g/mol. The number of rotatable bonds is 7. The van der Waals surface area contributed by atoms with Crippen molar-refractivity contribution in [3.8, 4) is 5.75 Å². The summed E-state index contributed by atoms with van der Waals surface area (Å²) in [4.78, 5) is 12.3. The molecule has 27 heavy (non-hydrogen) atoms. The number of methoxy groups -OCH3 is 1. The Morgan fingerprint density at radius 2 is 1.93 bits per heavy atom. The quantitative estimate of drug-likeness (QED) is 0.625. The Morgan fingerprint density at radius 3 is 2.56 bits per heavy atom. The molecule has 0 aromatic heterocycles. The summed E-state index contributed by atoms with van der Waals surface area (Å²) in [5.41, 5.74) is 0.388. The molecule has 0 atom stereocenters. The minimum Gasteiger partial charge on any atom is -0.494 e. The minimum absolute atomic E-state index is 0.119. The molecule has 2 rings (SSSR count). The molecule has 2 N–H and O–H groups in total. The van der Waals surface area contributed by atoms with Crippen molar-refractivity contribution in [2.75, 3.05) is 18.4 Å². The zero-order valence-corrected chi connectivity index (χ0v) is 18.2. The van der Waals surface area contributed by atoms with Gasteiger partial charge in [-0.05, 0) is 46.1 Å². The van der Waals surface area contributed by atoms with Crippen LogP contribution in [0.3, 0.4) is 0 Å². The lowest BCUT2D eigenvalue weighted by Crippen LogP contribution is -2.28. The second kappa shape index (κ2) is 8.95. The Bertz CT molecular complexity index is 948. The van der Waals surface area contributed by atoms with Crippen LogP contribution in [0, 0.1) is 5.92 Å².